The summed E-state index contributed by atoms with van der Waals surface area (Å²) in [6.07, 6.45) is 0. The minimum atomic E-state index is -0.431. The number of nitrogens with zero attached hydrogens (tertiary/aromatic N) is 1. The normalized spacial score (nSPS) is 10.8. The maximum atomic E-state index is 12.5. The van der Waals surface area contributed by atoms with E-state index in [2.05, 4.69) is 15.8 Å². The van der Waals surface area contributed by atoms with E-state index in [1.54, 1.807) is 42.5 Å². The third kappa shape index (κ3) is 4.58. The van der Waals surface area contributed by atoms with Gasteiger partial charge in [-0.15, -0.1) is 0 Å². The lowest BCUT2D eigenvalue weighted by molar-refractivity contribution is 0.0941. The first-order chi connectivity index (χ1) is 13.3. The van der Waals surface area contributed by atoms with E-state index in [4.69, 9.17) is 16.1 Å². The number of halogens is 1. The van der Waals surface area contributed by atoms with Crippen molar-refractivity contribution in [2.45, 2.75) is 26.8 Å². The quantitative estimate of drug-likeness (QED) is 0.653. The second-order valence-electron chi connectivity index (χ2n) is 6.70. The van der Waals surface area contributed by atoms with Crippen LogP contribution < -0.4 is 10.6 Å². The number of benzene rings is 2. The van der Waals surface area contributed by atoms with Crippen molar-refractivity contribution in [3.63, 3.8) is 0 Å². The van der Waals surface area contributed by atoms with Gasteiger partial charge in [-0.2, -0.15) is 0 Å². The maximum absolute atomic E-state index is 12.5. The molecule has 144 valence electrons. The second kappa shape index (κ2) is 8.27. The molecule has 0 saturated carbocycles. The lowest BCUT2D eigenvalue weighted by Gasteiger charge is -2.11. The van der Waals surface area contributed by atoms with Gasteiger partial charge in [0.25, 0.3) is 11.8 Å². The number of hydrogen-bond acceptors (Lipinski definition) is 4. The highest BCUT2D eigenvalue weighted by molar-refractivity contribution is 6.30. The highest BCUT2D eigenvalue weighted by Gasteiger charge is 2.16. The minimum Gasteiger partial charge on any atom is -0.350 e. The number of hydrogen-bond donors (Lipinski definition) is 2. The average molecular weight is 398 g/mol. The van der Waals surface area contributed by atoms with Gasteiger partial charge in [-0.25, -0.2) is 0 Å². The van der Waals surface area contributed by atoms with Gasteiger partial charge in [0, 0.05) is 33.9 Å². The van der Waals surface area contributed by atoms with Crippen molar-refractivity contribution >= 4 is 29.1 Å². The summed E-state index contributed by atoms with van der Waals surface area (Å²) in [5.74, 6) is -0.499. The van der Waals surface area contributed by atoms with E-state index in [9.17, 15) is 9.59 Å². The van der Waals surface area contributed by atoms with Crippen molar-refractivity contribution in [2.24, 2.45) is 0 Å². The fourth-order valence-electron chi connectivity index (χ4n) is 2.69. The van der Waals surface area contributed by atoms with E-state index in [0.29, 0.717) is 22.0 Å². The Balaban J connectivity index is 1.73. The zero-order chi connectivity index (χ0) is 20.3. The first kappa shape index (κ1) is 19.6. The molecular weight excluding hydrogens is 378 g/mol. The van der Waals surface area contributed by atoms with E-state index < -0.39 is 5.91 Å². The predicted octanol–water partition coefficient (Wildman–Crippen LogP) is 4.69. The minimum absolute atomic E-state index is 0.0476. The van der Waals surface area contributed by atoms with Crippen molar-refractivity contribution in [1.29, 1.82) is 0 Å². The van der Waals surface area contributed by atoms with E-state index in [1.165, 1.54) is 0 Å². The number of aromatic nitrogens is 1. The number of nitrogens with one attached hydrogen (secondary N) is 2. The smallest absolute Gasteiger partial charge is 0.294 e. The summed E-state index contributed by atoms with van der Waals surface area (Å²) in [6.45, 7) is 5.62. The van der Waals surface area contributed by atoms with Crippen molar-refractivity contribution in [3.8, 4) is 11.3 Å². The topological polar surface area (TPSA) is 84.2 Å². The van der Waals surface area contributed by atoms with Gasteiger partial charge in [0.15, 0.2) is 0 Å². The van der Waals surface area contributed by atoms with Gasteiger partial charge in [0.1, 0.15) is 5.69 Å². The Kier molecular flexibility index (Phi) is 5.80. The van der Waals surface area contributed by atoms with Crippen LogP contribution in [-0.4, -0.2) is 23.0 Å². The Labute approximate surface area is 167 Å². The van der Waals surface area contributed by atoms with E-state index in [1.807, 2.05) is 26.8 Å². The first-order valence-corrected chi connectivity index (χ1v) is 9.17. The van der Waals surface area contributed by atoms with E-state index >= 15 is 0 Å². The van der Waals surface area contributed by atoms with Crippen molar-refractivity contribution < 1.29 is 14.1 Å². The second-order valence-corrected chi connectivity index (χ2v) is 7.14. The van der Waals surface area contributed by atoms with Gasteiger partial charge in [-0.3, -0.25) is 9.59 Å². The molecular formula is C21H20ClN3O3. The molecule has 2 N–H and O–H groups in total. The van der Waals surface area contributed by atoms with Crippen molar-refractivity contribution in [3.05, 3.63) is 70.4 Å². The molecule has 6 nitrogen and oxygen atoms in total. The monoisotopic (exact) mass is 397 g/mol. The van der Waals surface area contributed by atoms with Crippen LogP contribution in [0.2, 0.25) is 5.02 Å². The largest absolute Gasteiger partial charge is 0.350 e. The SMILES string of the molecule is Cc1cc(NC(=O)c2cc(-c3cccc(Cl)c3)no2)ccc1C(=O)NC(C)C. The van der Waals surface area contributed by atoms with Crippen LogP contribution in [0.5, 0.6) is 0 Å². The molecule has 2 amide bonds. The third-order valence-electron chi connectivity index (χ3n) is 4.00. The molecule has 0 unspecified atom stereocenters. The van der Waals surface area contributed by atoms with Crippen LogP contribution in [0.1, 0.15) is 40.3 Å². The molecule has 0 aliphatic carbocycles. The third-order valence-corrected chi connectivity index (χ3v) is 4.24. The van der Waals surface area contributed by atoms with Gasteiger partial charge in [-0.05, 0) is 56.7 Å². The van der Waals surface area contributed by atoms with Crippen LogP contribution in [0, 0.1) is 6.92 Å². The molecule has 7 heteroatoms. The molecule has 0 saturated heterocycles. The molecule has 0 aliphatic heterocycles. The molecule has 3 rings (SSSR count). The van der Waals surface area contributed by atoms with Crippen molar-refractivity contribution in [2.75, 3.05) is 5.32 Å². The van der Waals surface area contributed by atoms with Gasteiger partial charge < -0.3 is 15.2 Å². The number of carbonyl (C=O) groups excluding carboxylic acids is 2. The van der Waals surface area contributed by atoms with Gasteiger partial charge in [-0.1, -0.05) is 28.9 Å². The lowest BCUT2D eigenvalue weighted by atomic mass is 10.1. The predicted molar refractivity (Wildman–Crippen MR) is 109 cm³/mol. The summed E-state index contributed by atoms with van der Waals surface area (Å²) in [7, 11) is 0. The number of rotatable bonds is 5. The molecule has 0 bridgehead atoms. The molecule has 1 aromatic heterocycles. The first-order valence-electron chi connectivity index (χ1n) is 8.79. The molecule has 0 spiro atoms. The molecule has 0 fully saturated rings. The Morgan fingerprint density at radius 1 is 1.07 bits per heavy atom. The standard InChI is InChI=1S/C21H20ClN3O3/c1-12(2)23-20(26)17-8-7-16(9-13(17)3)24-21(27)19-11-18(25-28-19)14-5-4-6-15(22)10-14/h4-12H,1-3H3,(H,23,26)(H,24,27). The highest BCUT2D eigenvalue weighted by Crippen LogP contribution is 2.23. The number of anilines is 1. The van der Waals surface area contributed by atoms with Crippen molar-refractivity contribution in [1.82, 2.24) is 10.5 Å². The van der Waals surface area contributed by atoms with E-state index in [0.717, 1.165) is 11.1 Å². The van der Waals surface area contributed by atoms with Crippen LogP contribution >= 0.6 is 11.6 Å². The fraction of sp³-hybridized carbons (Fsp3) is 0.190. The maximum Gasteiger partial charge on any atom is 0.294 e. The molecule has 28 heavy (non-hydrogen) atoms. The number of amides is 2. The fourth-order valence-corrected chi connectivity index (χ4v) is 2.89. The van der Waals surface area contributed by atoms with Crippen LogP contribution in [0.15, 0.2) is 53.1 Å². The Hall–Kier alpha value is -3.12. The zero-order valence-electron chi connectivity index (χ0n) is 15.7. The number of carbonyl (C=O) groups is 2. The average Bonchev–Trinajstić information content (AvgIpc) is 3.11. The van der Waals surface area contributed by atoms with Crippen LogP contribution in [-0.2, 0) is 0 Å². The summed E-state index contributed by atoms with van der Waals surface area (Å²) in [4.78, 5) is 24.6. The van der Waals surface area contributed by atoms with Crippen LogP contribution in [0.25, 0.3) is 11.3 Å². The molecule has 0 aliphatic rings. The van der Waals surface area contributed by atoms with Gasteiger partial charge >= 0.3 is 0 Å². The van der Waals surface area contributed by atoms with Gasteiger partial charge in [0.2, 0.25) is 5.76 Å². The van der Waals surface area contributed by atoms with Gasteiger partial charge in [0.05, 0.1) is 0 Å². The van der Waals surface area contributed by atoms with Crippen LogP contribution in [0.3, 0.4) is 0 Å². The summed E-state index contributed by atoms with van der Waals surface area (Å²) >= 11 is 5.98. The molecule has 0 atom stereocenters. The molecule has 3 aromatic rings. The summed E-state index contributed by atoms with van der Waals surface area (Å²) in [6, 6.07) is 13.8. The Morgan fingerprint density at radius 2 is 1.86 bits per heavy atom. The highest BCUT2D eigenvalue weighted by atomic mass is 35.5. The summed E-state index contributed by atoms with van der Waals surface area (Å²) in [5.41, 5.74) is 3.16. The Bertz CT molecular complexity index is 1030. The van der Waals surface area contributed by atoms with Crippen LogP contribution in [0.4, 0.5) is 5.69 Å². The number of aryl methyl sites for hydroxylation is 1. The Morgan fingerprint density at radius 3 is 2.54 bits per heavy atom. The molecule has 1 heterocycles. The molecule has 0 radical (unpaired) electrons. The summed E-state index contributed by atoms with van der Waals surface area (Å²) in [5, 5.41) is 10.1. The lowest BCUT2D eigenvalue weighted by Crippen LogP contribution is -2.30. The molecule has 2 aromatic carbocycles. The zero-order valence-corrected chi connectivity index (χ0v) is 16.5. The summed E-state index contributed by atoms with van der Waals surface area (Å²) < 4.78 is 5.16. The van der Waals surface area contributed by atoms with E-state index in [-0.39, 0.29) is 17.7 Å².